The van der Waals surface area contributed by atoms with Crippen LogP contribution >= 0.6 is 0 Å². The second kappa shape index (κ2) is 6.43. The van der Waals surface area contributed by atoms with E-state index in [4.69, 9.17) is 0 Å². The molecular weight excluding hydrogens is 318 g/mol. The van der Waals surface area contributed by atoms with Crippen LogP contribution in [0.4, 0.5) is 0 Å². The molecule has 1 atom stereocenters. The average molecular weight is 339 g/mol. The molecule has 1 N–H and O–H groups in total. The van der Waals surface area contributed by atoms with E-state index < -0.39 is 0 Å². The summed E-state index contributed by atoms with van der Waals surface area (Å²) >= 11 is 0. The Labute approximate surface area is 153 Å². The van der Waals surface area contributed by atoms with E-state index in [1.165, 1.54) is 33.5 Å². The van der Waals surface area contributed by atoms with Gasteiger partial charge in [0.2, 0.25) is 0 Å². The summed E-state index contributed by atoms with van der Waals surface area (Å²) in [4.78, 5) is 10.3. The normalized spacial score (nSPS) is 19.4. The molecule has 2 aliphatic rings. The van der Waals surface area contributed by atoms with E-state index in [2.05, 4.69) is 81.8 Å². The summed E-state index contributed by atoms with van der Waals surface area (Å²) in [5.74, 6) is 0. The minimum Gasteiger partial charge on any atom is -0.360 e. The molecule has 0 bridgehead atoms. The van der Waals surface area contributed by atoms with Gasteiger partial charge in [-0.15, -0.1) is 0 Å². The smallest absolute Gasteiger partial charge is 0.0539 e. The summed E-state index contributed by atoms with van der Waals surface area (Å²) in [5.41, 5.74) is 7.63. The van der Waals surface area contributed by atoms with Crippen molar-refractivity contribution in [3.63, 3.8) is 0 Å². The van der Waals surface area contributed by atoms with Gasteiger partial charge in [0.1, 0.15) is 0 Å². The SMILES string of the molecule is C1=CC2C=C(c3c[nH]c(-c4ccccc4)c3-c3ccncc3)CCN2C1. The maximum absolute atomic E-state index is 4.20. The van der Waals surface area contributed by atoms with Crippen molar-refractivity contribution >= 4 is 5.57 Å². The summed E-state index contributed by atoms with van der Waals surface area (Å²) in [5, 5.41) is 0. The summed E-state index contributed by atoms with van der Waals surface area (Å²) in [6, 6.07) is 15.2. The second-order valence-corrected chi connectivity index (χ2v) is 6.91. The van der Waals surface area contributed by atoms with Crippen LogP contribution in [0.25, 0.3) is 28.0 Å². The van der Waals surface area contributed by atoms with E-state index in [1.807, 2.05) is 12.4 Å². The van der Waals surface area contributed by atoms with Crippen LogP contribution in [0, 0.1) is 0 Å². The molecule has 0 aliphatic carbocycles. The van der Waals surface area contributed by atoms with Crippen molar-refractivity contribution in [2.24, 2.45) is 0 Å². The largest absolute Gasteiger partial charge is 0.360 e. The first-order valence-corrected chi connectivity index (χ1v) is 9.19. The van der Waals surface area contributed by atoms with Gasteiger partial charge >= 0.3 is 0 Å². The Bertz CT molecular complexity index is 967. The molecule has 128 valence electrons. The molecule has 0 saturated heterocycles. The van der Waals surface area contributed by atoms with Crippen LogP contribution in [0.15, 0.2) is 79.3 Å². The van der Waals surface area contributed by atoms with Crippen LogP contribution in [0.5, 0.6) is 0 Å². The van der Waals surface area contributed by atoms with Gasteiger partial charge in [0.25, 0.3) is 0 Å². The Morgan fingerprint density at radius 1 is 1.00 bits per heavy atom. The molecular formula is C23H21N3. The number of hydrogen-bond donors (Lipinski definition) is 1. The highest BCUT2D eigenvalue weighted by Crippen LogP contribution is 2.40. The Hall–Kier alpha value is -2.91. The highest BCUT2D eigenvalue weighted by molar-refractivity contribution is 5.91. The fourth-order valence-corrected chi connectivity index (χ4v) is 4.09. The zero-order chi connectivity index (χ0) is 17.3. The van der Waals surface area contributed by atoms with Gasteiger partial charge in [0.05, 0.1) is 5.69 Å². The summed E-state index contributed by atoms with van der Waals surface area (Å²) < 4.78 is 0. The van der Waals surface area contributed by atoms with Crippen LogP contribution in [-0.4, -0.2) is 34.0 Å². The van der Waals surface area contributed by atoms with Crippen LogP contribution in [0.1, 0.15) is 12.0 Å². The number of H-pyrrole nitrogens is 1. The van der Waals surface area contributed by atoms with Crippen molar-refractivity contribution in [1.82, 2.24) is 14.9 Å². The minimum absolute atomic E-state index is 0.444. The Morgan fingerprint density at radius 2 is 1.85 bits per heavy atom. The molecule has 26 heavy (non-hydrogen) atoms. The van der Waals surface area contributed by atoms with Crippen molar-refractivity contribution in [3.05, 3.63) is 84.8 Å². The van der Waals surface area contributed by atoms with E-state index in [1.54, 1.807) is 0 Å². The molecule has 0 radical (unpaired) electrons. The summed E-state index contributed by atoms with van der Waals surface area (Å²) in [6.07, 6.45) is 14.0. The molecule has 3 aromatic rings. The average Bonchev–Trinajstić information content (AvgIpc) is 3.35. The van der Waals surface area contributed by atoms with Gasteiger partial charge in [-0.2, -0.15) is 0 Å². The molecule has 0 fully saturated rings. The molecule has 3 nitrogen and oxygen atoms in total. The third kappa shape index (κ3) is 2.61. The number of benzene rings is 1. The van der Waals surface area contributed by atoms with Crippen molar-refractivity contribution < 1.29 is 0 Å². The molecule has 0 spiro atoms. The maximum atomic E-state index is 4.20. The van der Waals surface area contributed by atoms with Crippen LogP contribution < -0.4 is 0 Å². The molecule has 5 rings (SSSR count). The zero-order valence-electron chi connectivity index (χ0n) is 14.6. The number of aromatic nitrogens is 2. The third-order valence-corrected chi connectivity index (χ3v) is 5.39. The van der Waals surface area contributed by atoms with Crippen LogP contribution in [0.3, 0.4) is 0 Å². The van der Waals surface area contributed by atoms with Crippen molar-refractivity contribution in [3.8, 4) is 22.4 Å². The molecule has 4 heterocycles. The second-order valence-electron chi connectivity index (χ2n) is 6.91. The van der Waals surface area contributed by atoms with E-state index in [0.717, 1.165) is 19.5 Å². The highest BCUT2D eigenvalue weighted by atomic mass is 15.2. The van der Waals surface area contributed by atoms with Gasteiger partial charge in [-0.05, 0) is 35.3 Å². The Morgan fingerprint density at radius 3 is 2.69 bits per heavy atom. The van der Waals surface area contributed by atoms with E-state index in [-0.39, 0.29) is 0 Å². The number of aromatic amines is 1. The number of pyridine rings is 1. The number of hydrogen-bond acceptors (Lipinski definition) is 2. The van der Waals surface area contributed by atoms with E-state index in [0.29, 0.717) is 6.04 Å². The molecule has 1 aromatic carbocycles. The Kier molecular flexibility index (Phi) is 3.80. The number of nitrogens with zero attached hydrogens (tertiary/aromatic N) is 2. The van der Waals surface area contributed by atoms with Gasteiger partial charge in [0.15, 0.2) is 0 Å². The standard InChI is InChI=1S/C23H21N3/c1-2-5-18(6-3-1)23-22(17-8-11-24-12-9-17)21(16-25-23)19-10-14-26-13-4-7-20(26)15-19/h1-9,11-12,15-16,20,25H,10,13-14H2. The van der Waals surface area contributed by atoms with E-state index in [9.17, 15) is 0 Å². The number of rotatable bonds is 3. The monoisotopic (exact) mass is 339 g/mol. The van der Waals surface area contributed by atoms with Gasteiger partial charge in [-0.3, -0.25) is 9.88 Å². The molecule has 1 unspecified atom stereocenters. The van der Waals surface area contributed by atoms with Crippen LogP contribution in [0.2, 0.25) is 0 Å². The first-order valence-electron chi connectivity index (χ1n) is 9.19. The van der Waals surface area contributed by atoms with Crippen molar-refractivity contribution in [1.29, 1.82) is 0 Å². The van der Waals surface area contributed by atoms with Crippen molar-refractivity contribution in [2.45, 2.75) is 12.5 Å². The molecule has 0 saturated carbocycles. The molecule has 3 heteroatoms. The van der Waals surface area contributed by atoms with Crippen LogP contribution in [-0.2, 0) is 0 Å². The molecule has 2 aliphatic heterocycles. The zero-order valence-corrected chi connectivity index (χ0v) is 14.6. The maximum Gasteiger partial charge on any atom is 0.0539 e. The Balaban J connectivity index is 1.67. The lowest BCUT2D eigenvalue weighted by Crippen LogP contribution is -2.32. The lowest BCUT2D eigenvalue weighted by atomic mass is 9.91. The van der Waals surface area contributed by atoms with E-state index >= 15 is 0 Å². The predicted octanol–water partition coefficient (Wildman–Crippen LogP) is 4.77. The lowest BCUT2D eigenvalue weighted by molar-refractivity contribution is 0.304. The summed E-state index contributed by atoms with van der Waals surface area (Å²) in [6.45, 7) is 2.19. The predicted molar refractivity (Wildman–Crippen MR) is 107 cm³/mol. The first-order chi connectivity index (χ1) is 12.9. The fourth-order valence-electron chi connectivity index (χ4n) is 4.09. The highest BCUT2D eigenvalue weighted by Gasteiger charge is 2.25. The van der Waals surface area contributed by atoms with Crippen molar-refractivity contribution in [2.75, 3.05) is 13.1 Å². The minimum atomic E-state index is 0.444. The molecule has 2 aromatic heterocycles. The van der Waals surface area contributed by atoms with Gasteiger partial charge < -0.3 is 4.98 Å². The fraction of sp³-hybridized carbons (Fsp3) is 0.174. The number of nitrogens with one attached hydrogen (secondary N) is 1. The molecule has 0 amide bonds. The third-order valence-electron chi connectivity index (χ3n) is 5.39. The lowest BCUT2D eigenvalue weighted by Gasteiger charge is -2.28. The topological polar surface area (TPSA) is 31.9 Å². The number of fused-ring (bicyclic) bond motifs is 1. The van der Waals surface area contributed by atoms with Gasteiger partial charge in [-0.1, -0.05) is 48.6 Å². The quantitative estimate of drug-likeness (QED) is 0.697. The van der Waals surface area contributed by atoms with Gasteiger partial charge in [-0.25, -0.2) is 0 Å². The summed E-state index contributed by atoms with van der Waals surface area (Å²) in [7, 11) is 0. The first kappa shape index (κ1) is 15.4. The van der Waals surface area contributed by atoms with Gasteiger partial charge in [0, 0.05) is 48.8 Å².